The fourth-order valence-corrected chi connectivity index (χ4v) is 9.46. The number of nitrogens with one attached hydrogen (secondary N) is 1. The number of methoxy groups -OCH3 is 1. The Balaban J connectivity index is 1.33. The molecule has 3 aliphatic rings. The van der Waals surface area contributed by atoms with Crippen molar-refractivity contribution < 1.29 is 38.5 Å². The Morgan fingerprint density at radius 1 is 1.11 bits per heavy atom. The van der Waals surface area contributed by atoms with Gasteiger partial charge in [-0.3, -0.25) is 19.2 Å². The van der Waals surface area contributed by atoms with Crippen molar-refractivity contribution >= 4 is 50.7 Å². The smallest absolute Gasteiger partial charge is 0.313 e. The highest BCUT2D eigenvalue weighted by atomic mass is 79.9. The molecule has 2 N–H and O–H groups in total. The number of rotatable bonds is 21. The minimum atomic E-state index is -1.33. The summed E-state index contributed by atoms with van der Waals surface area (Å²) in [5.41, 5.74) is 0.722. The SMILES string of the molecule is C=CCCC(=O)N[C@H](COC)[C@H](OC(=O)[C@@H]1[C@H]2O[C@@]3(CC2Br)[C@H](C(=O)N(CC=C)Cn2nnc4ccccc42)N(CCCCCCO)C(=O)[C@@H]13)c1ccccc1. The van der Waals surface area contributed by atoms with Crippen molar-refractivity contribution in [3.8, 4) is 0 Å². The van der Waals surface area contributed by atoms with E-state index in [2.05, 4.69) is 44.7 Å². The number of aliphatic hydroxyl groups is 1. The Morgan fingerprint density at radius 3 is 2.59 bits per heavy atom. The number of esters is 1. The molecule has 0 saturated carbocycles. The molecule has 2 bridgehead atoms. The zero-order chi connectivity index (χ0) is 39.8. The van der Waals surface area contributed by atoms with E-state index in [1.807, 2.05) is 54.6 Å². The van der Waals surface area contributed by atoms with Crippen molar-refractivity contribution in [2.45, 2.75) is 86.3 Å². The number of aliphatic hydroxyl groups excluding tert-OH is 1. The first-order valence-corrected chi connectivity index (χ1v) is 20.2. The number of para-hydroxylation sites is 1. The molecule has 6 rings (SSSR count). The third kappa shape index (κ3) is 8.31. The van der Waals surface area contributed by atoms with Crippen molar-refractivity contribution in [1.82, 2.24) is 30.1 Å². The number of fused-ring (bicyclic) bond motifs is 2. The highest BCUT2D eigenvalue weighted by Gasteiger charge is 2.77. The lowest BCUT2D eigenvalue weighted by Gasteiger charge is -2.37. The van der Waals surface area contributed by atoms with E-state index in [0.29, 0.717) is 36.8 Å². The molecule has 1 aromatic heterocycles. The maximum Gasteiger partial charge on any atom is 0.313 e. The lowest BCUT2D eigenvalue weighted by Crippen LogP contribution is -2.57. The number of hydrogen-bond acceptors (Lipinski definition) is 10. The van der Waals surface area contributed by atoms with E-state index in [9.17, 15) is 19.5 Å². The van der Waals surface area contributed by atoms with Crippen molar-refractivity contribution in [3.05, 3.63) is 85.5 Å². The van der Waals surface area contributed by atoms with Crippen LogP contribution in [0.4, 0.5) is 0 Å². The maximum atomic E-state index is 15.0. The highest BCUT2D eigenvalue weighted by Crippen LogP contribution is 2.60. The summed E-state index contributed by atoms with van der Waals surface area (Å²) in [6.07, 6.45) is 5.26. The topological polar surface area (TPSA) is 165 Å². The molecular weight excluding hydrogens is 784 g/mol. The van der Waals surface area contributed by atoms with Crippen LogP contribution in [-0.4, -0.2) is 116 Å². The molecule has 15 heteroatoms. The van der Waals surface area contributed by atoms with Crippen molar-refractivity contribution in [2.24, 2.45) is 11.8 Å². The van der Waals surface area contributed by atoms with Crippen LogP contribution in [-0.2, 0) is 40.1 Å². The van der Waals surface area contributed by atoms with Gasteiger partial charge in [-0.2, -0.15) is 0 Å². The molecule has 56 heavy (non-hydrogen) atoms. The molecule has 1 spiro atoms. The molecule has 0 aliphatic carbocycles. The number of aromatic nitrogens is 3. The fraction of sp³-hybridized carbons (Fsp3) is 0.512. The van der Waals surface area contributed by atoms with Crippen molar-refractivity contribution in [2.75, 3.05) is 33.4 Å². The van der Waals surface area contributed by atoms with Gasteiger partial charge in [0.1, 0.15) is 29.9 Å². The Bertz CT molecular complexity index is 1880. The second-order valence-electron chi connectivity index (χ2n) is 14.6. The molecule has 14 nitrogen and oxygen atoms in total. The van der Waals surface area contributed by atoms with Gasteiger partial charge in [0.25, 0.3) is 0 Å². The second kappa shape index (κ2) is 18.7. The van der Waals surface area contributed by atoms with E-state index in [0.717, 1.165) is 18.4 Å². The van der Waals surface area contributed by atoms with Gasteiger partial charge < -0.3 is 34.4 Å². The molecule has 3 aliphatic heterocycles. The van der Waals surface area contributed by atoms with Crippen LogP contribution in [0.15, 0.2) is 79.9 Å². The summed E-state index contributed by atoms with van der Waals surface area (Å²) in [4.78, 5) is 60.3. The number of carbonyl (C=O) groups excluding carboxylic acids is 4. The monoisotopic (exact) mass is 834 g/mol. The van der Waals surface area contributed by atoms with Crippen LogP contribution in [0, 0.1) is 11.8 Å². The molecular formula is C41H51BrN6O8. The molecule has 1 unspecified atom stereocenters. The summed E-state index contributed by atoms with van der Waals surface area (Å²) in [7, 11) is 1.50. The van der Waals surface area contributed by atoms with Gasteiger partial charge in [0, 0.05) is 38.1 Å². The van der Waals surface area contributed by atoms with E-state index >= 15 is 4.79 Å². The molecule has 3 saturated heterocycles. The van der Waals surface area contributed by atoms with Gasteiger partial charge in [0.2, 0.25) is 17.7 Å². The standard InChI is InChI=1S/C41H51BrN6O8/c1-4-6-20-32(50)43-30(25-54-3)35(27-16-10-9-11-17-27)55-40(53)33-34-38(51)47(22-14-7-8-15-23-49)37(41(34)24-28(42)36(33)56-41)39(52)46(21-5-2)26-48-31-19-13-12-18-29(31)44-45-48/h4-5,9-13,16-19,28,30,33-37,49H,1-2,6-8,14-15,20-26H2,3H3,(H,43,50)/t28?,30-,33+,34-,35-,36+,37+,41-/m1/s1. The number of ether oxygens (including phenoxy) is 3. The third-order valence-corrected chi connectivity index (χ3v) is 11.8. The number of hydrogen-bond donors (Lipinski definition) is 2. The largest absolute Gasteiger partial charge is 0.455 e. The number of amides is 3. The molecule has 8 atom stereocenters. The van der Waals surface area contributed by atoms with Gasteiger partial charge >= 0.3 is 5.97 Å². The summed E-state index contributed by atoms with van der Waals surface area (Å²) in [6.45, 7) is 8.19. The van der Waals surface area contributed by atoms with E-state index in [1.165, 1.54) is 7.11 Å². The number of halogens is 1. The van der Waals surface area contributed by atoms with E-state index in [4.69, 9.17) is 14.2 Å². The summed E-state index contributed by atoms with van der Waals surface area (Å²) in [5.74, 6) is -3.67. The molecule has 300 valence electrons. The van der Waals surface area contributed by atoms with Crippen molar-refractivity contribution in [3.63, 3.8) is 0 Å². The molecule has 3 fully saturated rings. The minimum absolute atomic E-state index is 0.0471. The van der Waals surface area contributed by atoms with Gasteiger partial charge in [-0.15, -0.1) is 18.3 Å². The van der Waals surface area contributed by atoms with Gasteiger partial charge in [-0.1, -0.05) is 88.6 Å². The Morgan fingerprint density at radius 2 is 1.86 bits per heavy atom. The van der Waals surface area contributed by atoms with Crippen LogP contribution in [0.3, 0.4) is 0 Å². The van der Waals surface area contributed by atoms with Crippen LogP contribution in [0.1, 0.15) is 56.6 Å². The zero-order valence-corrected chi connectivity index (χ0v) is 33.3. The second-order valence-corrected chi connectivity index (χ2v) is 15.8. The summed E-state index contributed by atoms with van der Waals surface area (Å²) in [6, 6.07) is 14.7. The number of allylic oxidation sites excluding steroid dienone is 1. The lowest BCUT2D eigenvalue weighted by atomic mass is 9.70. The Hall–Kier alpha value is -4.44. The van der Waals surface area contributed by atoms with Gasteiger partial charge in [-0.25, -0.2) is 4.68 Å². The molecule has 0 radical (unpaired) electrons. The number of carbonyl (C=O) groups is 4. The summed E-state index contributed by atoms with van der Waals surface area (Å²) < 4.78 is 20.3. The van der Waals surface area contributed by atoms with Crippen LogP contribution in [0.25, 0.3) is 11.0 Å². The van der Waals surface area contributed by atoms with Crippen LogP contribution in [0.5, 0.6) is 0 Å². The van der Waals surface area contributed by atoms with Gasteiger partial charge in [0.15, 0.2) is 0 Å². The van der Waals surface area contributed by atoms with Gasteiger partial charge in [0.05, 0.1) is 36.1 Å². The molecule has 3 aromatic rings. The minimum Gasteiger partial charge on any atom is -0.455 e. The zero-order valence-electron chi connectivity index (χ0n) is 31.7. The van der Waals surface area contributed by atoms with Crippen LogP contribution in [0.2, 0.25) is 0 Å². The Labute approximate surface area is 335 Å². The molecule has 2 aromatic carbocycles. The maximum absolute atomic E-state index is 15.0. The number of unbranched alkanes of at least 4 members (excludes halogenated alkanes) is 3. The van der Waals surface area contributed by atoms with Crippen molar-refractivity contribution in [1.29, 1.82) is 0 Å². The average Bonchev–Trinajstić information content (AvgIpc) is 3.92. The first-order valence-electron chi connectivity index (χ1n) is 19.2. The van der Waals surface area contributed by atoms with E-state index in [1.54, 1.807) is 26.6 Å². The first kappa shape index (κ1) is 41.2. The molecule has 4 heterocycles. The third-order valence-electron chi connectivity index (χ3n) is 11.0. The summed E-state index contributed by atoms with van der Waals surface area (Å²) >= 11 is 3.76. The van der Waals surface area contributed by atoms with E-state index < -0.39 is 47.7 Å². The van der Waals surface area contributed by atoms with Gasteiger partial charge in [-0.05, 0) is 43.4 Å². The highest BCUT2D eigenvalue weighted by molar-refractivity contribution is 9.09. The Kier molecular flexibility index (Phi) is 13.7. The average molecular weight is 836 g/mol. The number of likely N-dealkylation sites (tertiary alicyclic amines) is 1. The predicted molar refractivity (Wildman–Crippen MR) is 211 cm³/mol. The predicted octanol–water partition coefficient (Wildman–Crippen LogP) is 4.09. The molecule has 3 amide bonds. The van der Waals surface area contributed by atoms with Crippen LogP contribution >= 0.6 is 15.9 Å². The summed E-state index contributed by atoms with van der Waals surface area (Å²) in [5, 5.41) is 20.9. The quantitative estimate of drug-likeness (QED) is 0.0692. The first-order chi connectivity index (χ1) is 27.2. The normalized spacial score (nSPS) is 24.8. The van der Waals surface area contributed by atoms with Crippen LogP contribution < -0.4 is 5.32 Å². The van der Waals surface area contributed by atoms with E-state index in [-0.39, 0.29) is 61.9 Å². The number of benzene rings is 2. The number of alkyl halides is 1. The number of nitrogens with zero attached hydrogens (tertiary/aromatic N) is 5. The lowest BCUT2D eigenvalue weighted by molar-refractivity contribution is -0.163. The fourth-order valence-electron chi connectivity index (χ4n) is 8.52.